The number of nitrogens with one attached hydrogen (secondary N) is 1. The van der Waals surface area contributed by atoms with Gasteiger partial charge in [0.2, 0.25) is 0 Å². The Morgan fingerprint density at radius 1 is 1.65 bits per heavy atom. The van der Waals surface area contributed by atoms with E-state index in [1.165, 1.54) is 12.5 Å². The summed E-state index contributed by atoms with van der Waals surface area (Å²) in [6, 6.07) is 2.92. The Morgan fingerprint density at radius 2 is 2.47 bits per heavy atom. The van der Waals surface area contributed by atoms with E-state index in [-0.39, 0.29) is 11.6 Å². The second-order valence-electron chi connectivity index (χ2n) is 5.11. The van der Waals surface area contributed by atoms with Crippen LogP contribution in [0.5, 0.6) is 0 Å². The molecule has 1 heterocycles. The van der Waals surface area contributed by atoms with Crippen molar-refractivity contribution in [2.45, 2.75) is 38.2 Å². The van der Waals surface area contributed by atoms with E-state index in [1.54, 1.807) is 12.3 Å². The highest BCUT2D eigenvalue weighted by Gasteiger charge is 2.32. The van der Waals surface area contributed by atoms with Crippen LogP contribution < -0.4 is 5.32 Å². The van der Waals surface area contributed by atoms with Crippen LogP contribution in [0.3, 0.4) is 0 Å². The molecule has 1 aliphatic carbocycles. The number of halogens is 1. The molecule has 0 bridgehead atoms. The van der Waals surface area contributed by atoms with Crippen molar-refractivity contribution in [3.8, 4) is 0 Å². The lowest BCUT2D eigenvalue weighted by Crippen LogP contribution is -2.41. The zero-order chi connectivity index (χ0) is 12.3. The largest absolute Gasteiger partial charge is 0.388 e. The first-order chi connectivity index (χ1) is 8.09. The molecule has 0 spiro atoms. The zero-order valence-corrected chi connectivity index (χ0v) is 10.1. The molecule has 0 saturated heterocycles. The predicted molar refractivity (Wildman–Crippen MR) is 65.3 cm³/mol. The minimum Gasteiger partial charge on any atom is -0.388 e. The van der Waals surface area contributed by atoms with E-state index < -0.39 is 5.60 Å². The molecule has 2 unspecified atom stereocenters. The second kappa shape index (κ2) is 5.00. The molecule has 2 N–H and O–H groups in total. The molecular weight excluding hydrogens is 219 g/mol. The van der Waals surface area contributed by atoms with E-state index in [4.69, 9.17) is 0 Å². The van der Waals surface area contributed by atoms with Crippen molar-refractivity contribution in [2.24, 2.45) is 5.92 Å². The van der Waals surface area contributed by atoms with Crippen molar-refractivity contribution >= 4 is 5.82 Å². The molecule has 2 atom stereocenters. The fourth-order valence-corrected chi connectivity index (χ4v) is 2.56. The fourth-order valence-electron chi connectivity index (χ4n) is 2.56. The van der Waals surface area contributed by atoms with Crippen LogP contribution in [0.1, 0.15) is 32.6 Å². The first-order valence-electron chi connectivity index (χ1n) is 6.16. The Labute approximate surface area is 101 Å². The summed E-state index contributed by atoms with van der Waals surface area (Å²) < 4.78 is 13.3. The third-order valence-corrected chi connectivity index (χ3v) is 3.41. The second-order valence-corrected chi connectivity index (χ2v) is 5.11. The van der Waals surface area contributed by atoms with Crippen LogP contribution in [0.25, 0.3) is 0 Å². The van der Waals surface area contributed by atoms with Gasteiger partial charge in [-0.25, -0.2) is 9.37 Å². The van der Waals surface area contributed by atoms with Gasteiger partial charge in [-0.2, -0.15) is 0 Å². The molecule has 1 fully saturated rings. The van der Waals surface area contributed by atoms with Crippen LogP contribution >= 0.6 is 0 Å². The molecule has 1 aliphatic rings. The monoisotopic (exact) mass is 238 g/mol. The molecule has 0 aliphatic heterocycles. The molecule has 1 saturated carbocycles. The molecule has 0 amide bonds. The van der Waals surface area contributed by atoms with E-state index in [1.807, 2.05) is 0 Å². The van der Waals surface area contributed by atoms with Gasteiger partial charge >= 0.3 is 0 Å². The van der Waals surface area contributed by atoms with Crippen LogP contribution in [0.2, 0.25) is 0 Å². The van der Waals surface area contributed by atoms with Crippen LogP contribution in [0.4, 0.5) is 10.2 Å². The highest BCUT2D eigenvalue weighted by Crippen LogP contribution is 2.32. The SMILES string of the molecule is CC1CCCC(O)(CNc2ncccc2F)C1. The van der Waals surface area contributed by atoms with E-state index in [0.29, 0.717) is 12.5 Å². The van der Waals surface area contributed by atoms with Gasteiger partial charge in [0, 0.05) is 12.7 Å². The van der Waals surface area contributed by atoms with Crippen LogP contribution in [0, 0.1) is 11.7 Å². The normalized spacial score (nSPS) is 29.0. The molecule has 1 aromatic rings. The summed E-state index contributed by atoms with van der Waals surface area (Å²) in [4.78, 5) is 3.92. The van der Waals surface area contributed by atoms with Gasteiger partial charge in [0.05, 0.1) is 5.60 Å². The maximum atomic E-state index is 13.3. The Morgan fingerprint density at radius 3 is 3.18 bits per heavy atom. The van der Waals surface area contributed by atoms with Crippen molar-refractivity contribution in [1.82, 2.24) is 4.98 Å². The Bertz CT molecular complexity index is 385. The van der Waals surface area contributed by atoms with E-state index in [2.05, 4.69) is 17.2 Å². The number of nitrogens with zero attached hydrogens (tertiary/aromatic N) is 1. The quantitative estimate of drug-likeness (QED) is 0.850. The van der Waals surface area contributed by atoms with Crippen LogP contribution in [0.15, 0.2) is 18.3 Å². The smallest absolute Gasteiger partial charge is 0.165 e. The highest BCUT2D eigenvalue weighted by atomic mass is 19.1. The van der Waals surface area contributed by atoms with Gasteiger partial charge in [-0.15, -0.1) is 0 Å². The number of pyridine rings is 1. The summed E-state index contributed by atoms with van der Waals surface area (Å²) in [5.41, 5.74) is -0.721. The third kappa shape index (κ3) is 3.16. The maximum Gasteiger partial charge on any atom is 0.165 e. The summed E-state index contributed by atoms with van der Waals surface area (Å²) in [7, 11) is 0. The van der Waals surface area contributed by atoms with Gasteiger partial charge in [0.1, 0.15) is 0 Å². The summed E-state index contributed by atoms with van der Waals surface area (Å²) in [6.07, 6.45) is 5.29. The van der Waals surface area contributed by atoms with Crippen molar-refractivity contribution in [2.75, 3.05) is 11.9 Å². The number of aromatic nitrogens is 1. The summed E-state index contributed by atoms with van der Waals surface area (Å²) in [5.74, 6) is 0.378. The molecule has 17 heavy (non-hydrogen) atoms. The standard InChI is InChI=1S/C13H19FN2O/c1-10-4-2-6-13(17,8-10)9-16-12-11(14)5-3-7-15-12/h3,5,7,10,17H,2,4,6,8-9H2,1H3,(H,15,16). The Kier molecular flexibility index (Phi) is 3.62. The van der Waals surface area contributed by atoms with Gasteiger partial charge in [-0.05, 0) is 30.9 Å². The first kappa shape index (κ1) is 12.3. The fraction of sp³-hybridized carbons (Fsp3) is 0.615. The Balaban J connectivity index is 1.95. The van der Waals surface area contributed by atoms with Gasteiger partial charge in [0.15, 0.2) is 11.6 Å². The lowest BCUT2D eigenvalue weighted by atomic mass is 9.79. The molecule has 94 valence electrons. The number of rotatable bonds is 3. The van der Waals surface area contributed by atoms with Crippen molar-refractivity contribution < 1.29 is 9.50 Å². The molecule has 4 heteroatoms. The van der Waals surface area contributed by atoms with Crippen LogP contribution in [-0.2, 0) is 0 Å². The average molecular weight is 238 g/mol. The molecular formula is C13H19FN2O. The van der Waals surface area contributed by atoms with Crippen molar-refractivity contribution in [3.05, 3.63) is 24.1 Å². The molecule has 0 radical (unpaired) electrons. The summed E-state index contributed by atoms with van der Waals surface area (Å²) >= 11 is 0. The Hall–Kier alpha value is -1.16. The molecule has 2 rings (SSSR count). The summed E-state index contributed by atoms with van der Waals surface area (Å²) in [5, 5.41) is 13.3. The lowest BCUT2D eigenvalue weighted by molar-refractivity contribution is -0.000870. The van der Waals surface area contributed by atoms with Gasteiger partial charge in [-0.3, -0.25) is 0 Å². The van der Waals surface area contributed by atoms with E-state index in [9.17, 15) is 9.50 Å². The molecule has 1 aromatic heterocycles. The third-order valence-electron chi connectivity index (χ3n) is 3.41. The van der Waals surface area contributed by atoms with Gasteiger partial charge in [0.25, 0.3) is 0 Å². The van der Waals surface area contributed by atoms with Crippen molar-refractivity contribution in [3.63, 3.8) is 0 Å². The lowest BCUT2D eigenvalue weighted by Gasteiger charge is -2.35. The van der Waals surface area contributed by atoms with Gasteiger partial charge < -0.3 is 10.4 Å². The molecule has 0 aromatic carbocycles. The minimum atomic E-state index is -0.721. The topological polar surface area (TPSA) is 45.1 Å². The maximum absolute atomic E-state index is 13.3. The van der Waals surface area contributed by atoms with Crippen molar-refractivity contribution in [1.29, 1.82) is 0 Å². The predicted octanol–water partition coefficient (Wildman–Crippen LogP) is 2.57. The number of hydrogen-bond acceptors (Lipinski definition) is 3. The average Bonchev–Trinajstić information content (AvgIpc) is 2.28. The minimum absolute atomic E-state index is 0.221. The number of hydrogen-bond donors (Lipinski definition) is 2. The van der Waals surface area contributed by atoms with Crippen LogP contribution in [-0.4, -0.2) is 22.2 Å². The highest BCUT2D eigenvalue weighted by molar-refractivity contribution is 5.35. The van der Waals surface area contributed by atoms with E-state index in [0.717, 1.165) is 19.3 Å². The van der Waals surface area contributed by atoms with Gasteiger partial charge in [-0.1, -0.05) is 19.8 Å². The zero-order valence-electron chi connectivity index (χ0n) is 10.1. The van der Waals surface area contributed by atoms with E-state index >= 15 is 0 Å². The number of aliphatic hydroxyl groups is 1. The summed E-state index contributed by atoms with van der Waals surface area (Å²) in [6.45, 7) is 2.51. The first-order valence-corrected chi connectivity index (χ1v) is 6.16. The number of anilines is 1. The molecule has 3 nitrogen and oxygen atoms in total.